The Morgan fingerprint density at radius 2 is 1.68 bits per heavy atom. The molecule has 0 amide bonds. The van der Waals surface area contributed by atoms with Gasteiger partial charge in [0.2, 0.25) is 0 Å². The van der Waals surface area contributed by atoms with E-state index in [2.05, 4.69) is 4.90 Å². The molecule has 0 radical (unpaired) electrons. The maximum absolute atomic E-state index is 13.1. The van der Waals surface area contributed by atoms with E-state index < -0.39 is 0 Å². The molecule has 1 N–H and O–H groups in total. The smallest absolute Gasteiger partial charge is 0.170 e. The summed E-state index contributed by atoms with van der Waals surface area (Å²) in [5, 5.41) is 10.2. The Balaban J connectivity index is 1.33. The summed E-state index contributed by atoms with van der Waals surface area (Å²) in [7, 11) is 2.96. The summed E-state index contributed by atoms with van der Waals surface area (Å²) in [6, 6.07) is 8.84. The Kier molecular flexibility index (Phi) is 9.45. The summed E-state index contributed by atoms with van der Waals surface area (Å²) in [6.45, 7) is 2.78. The van der Waals surface area contributed by atoms with E-state index in [0.717, 1.165) is 58.2 Å². The van der Waals surface area contributed by atoms with Crippen LogP contribution >= 0.6 is 0 Å². The topological polar surface area (TPSA) is 76.1 Å². The predicted molar refractivity (Wildman–Crippen MR) is 129 cm³/mol. The van der Waals surface area contributed by atoms with Crippen LogP contribution in [0.15, 0.2) is 36.4 Å². The molecule has 1 aliphatic rings. The van der Waals surface area contributed by atoms with E-state index in [9.17, 15) is 19.1 Å². The molecule has 0 unspecified atom stereocenters. The van der Waals surface area contributed by atoms with Gasteiger partial charge in [0.15, 0.2) is 11.6 Å². The molecule has 2 aromatic rings. The minimum Gasteiger partial charge on any atom is -0.507 e. The third kappa shape index (κ3) is 6.79. The fraction of sp³-hybridized carbons (Fsp3) is 0.481. The van der Waals surface area contributed by atoms with Gasteiger partial charge in [-0.15, -0.1) is 0 Å². The van der Waals surface area contributed by atoms with Gasteiger partial charge in [0.25, 0.3) is 0 Å². The lowest BCUT2D eigenvalue weighted by Gasteiger charge is -2.31. The van der Waals surface area contributed by atoms with Gasteiger partial charge in [0.1, 0.15) is 28.6 Å². The van der Waals surface area contributed by atoms with Crippen LogP contribution in [0.5, 0.6) is 17.2 Å². The van der Waals surface area contributed by atoms with Crippen LogP contribution < -0.4 is 9.47 Å². The van der Waals surface area contributed by atoms with E-state index in [4.69, 9.17) is 9.47 Å². The highest BCUT2D eigenvalue weighted by Crippen LogP contribution is 2.34. The Hall–Kier alpha value is -2.93. The Labute approximate surface area is 200 Å². The third-order valence-corrected chi connectivity index (χ3v) is 6.50. The van der Waals surface area contributed by atoms with Crippen molar-refractivity contribution in [2.45, 2.75) is 44.9 Å². The summed E-state index contributed by atoms with van der Waals surface area (Å²) in [5.41, 5.74) is 0.802. The average molecular weight is 472 g/mol. The molecule has 1 fully saturated rings. The van der Waals surface area contributed by atoms with Crippen molar-refractivity contribution in [1.29, 1.82) is 0 Å². The molecular weight excluding hydrogens is 437 g/mol. The second kappa shape index (κ2) is 12.5. The van der Waals surface area contributed by atoms with Crippen molar-refractivity contribution in [1.82, 2.24) is 4.90 Å². The molecule has 0 spiro atoms. The third-order valence-electron chi connectivity index (χ3n) is 6.50. The monoisotopic (exact) mass is 471 g/mol. The number of halogens is 1. The molecule has 184 valence electrons. The molecule has 34 heavy (non-hydrogen) atoms. The normalized spacial score (nSPS) is 14.7. The second-order valence-corrected chi connectivity index (χ2v) is 8.80. The fourth-order valence-corrected chi connectivity index (χ4v) is 4.50. The molecule has 1 heterocycles. The Morgan fingerprint density at radius 3 is 2.32 bits per heavy atom. The first-order valence-electron chi connectivity index (χ1n) is 11.9. The Morgan fingerprint density at radius 1 is 1.00 bits per heavy atom. The number of ether oxygens (including phenoxy) is 2. The molecule has 1 aliphatic heterocycles. The van der Waals surface area contributed by atoms with Crippen LogP contribution in [0.25, 0.3) is 0 Å². The number of carbonyl (C=O) groups excluding carboxylic acids is 2. The highest BCUT2D eigenvalue weighted by atomic mass is 19.1. The van der Waals surface area contributed by atoms with Gasteiger partial charge in [-0.3, -0.25) is 9.59 Å². The second-order valence-electron chi connectivity index (χ2n) is 8.80. The number of Topliss-reactive ketones (excluding diaryl/α,β-unsaturated/α-hetero) is 2. The van der Waals surface area contributed by atoms with Crippen LogP contribution in [-0.2, 0) is 0 Å². The summed E-state index contributed by atoms with van der Waals surface area (Å²) < 4.78 is 23.4. The largest absolute Gasteiger partial charge is 0.507 e. The van der Waals surface area contributed by atoms with Crippen LogP contribution in [-0.4, -0.2) is 55.4 Å². The average Bonchev–Trinajstić information content (AvgIpc) is 2.85. The summed E-state index contributed by atoms with van der Waals surface area (Å²) in [4.78, 5) is 27.6. The lowest BCUT2D eigenvalue weighted by molar-refractivity contribution is 0.0838. The Bertz CT molecular complexity index is 968. The summed E-state index contributed by atoms with van der Waals surface area (Å²) >= 11 is 0. The highest BCUT2D eigenvalue weighted by Gasteiger charge is 2.25. The number of likely N-dealkylation sites (tertiary alicyclic amines) is 1. The number of phenolic OH excluding ortho intramolecular Hbond substituents is 1. The van der Waals surface area contributed by atoms with Gasteiger partial charge in [0.05, 0.1) is 14.2 Å². The van der Waals surface area contributed by atoms with Crippen LogP contribution in [0, 0.1) is 11.7 Å². The zero-order valence-electron chi connectivity index (χ0n) is 20.0. The van der Waals surface area contributed by atoms with Crippen molar-refractivity contribution in [2.24, 2.45) is 5.92 Å². The fourth-order valence-electron chi connectivity index (χ4n) is 4.50. The van der Waals surface area contributed by atoms with Gasteiger partial charge in [-0.1, -0.05) is 12.8 Å². The van der Waals surface area contributed by atoms with Crippen LogP contribution in [0.1, 0.15) is 65.7 Å². The van der Waals surface area contributed by atoms with Gasteiger partial charge in [0, 0.05) is 30.0 Å². The van der Waals surface area contributed by atoms with Crippen molar-refractivity contribution in [2.75, 3.05) is 33.9 Å². The zero-order valence-corrected chi connectivity index (χ0v) is 20.0. The van der Waals surface area contributed by atoms with E-state index in [0.29, 0.717) is 23.5 Å². The van der Waals surface area contributed by atoms with E-state index in [1.165, 1.54) is 32.4 Å². The van der Waals surface area contributed by atoms with Crippen molar-refractivity contribution >= 4 is 11.6 Å². The number of ketones is 2. The molecule has 0 aromatic heterocycles. The molecule has 0 aliphatic carbocycles. The molecule has 0 bridgehead atoms. The van der Waals surface area contributed by atoms with Crippen LogP contribution in [0.4, 0.5) is 4.39 Å². The first-order chi connectivity index (χ1) is 16.4. The van der Waals surface area contributed by atoms with E-state index in [1.54, 1.807) is 18.2 Å². The SMILES string of the molecule is COc1cc(O)c(C(=O)CCCCCCN2CCC(C(=O)c3ccc(F)cc3)CC2)c(OC)c1. The number of rotatable bonds is 12. The number of phenols is 1. The van der Waals surface area contributed by atoms with Gasteiger partial charge in [-0.05, 0) is 69.6 Å². The van der Waals surface area contributed by atoms with Gasteiger partial charge < -0.3 is 19.5 Å². The highest BCUT2D eigenvalue weighted by molar-refractivity contribution is 6.01. The molecule has 0 atom stereocenters. The van der Waals surface area contributed by atoms with Gasteiger partial charge >= 0.3 is 0 Å². The lowest BCUT2D eigenvalue weighted by Crippen LogP contribution is -2.36. The van der Waals surface area contributed by atoms with Gasteiger partial charge in [-0.2, -0.15) is 0 Å². The number of carbonyl (C=O) groups is 2. The molecule has 6 nitrogen and oxygen atoms in total. The molecule has 1 saturated heterocycles. The number of nitrogens with zero attached hydrogens (tertiary/aromatic N) is 1. The predicted octanol–water partition coefficient (Wildman–Crippen LogP) is 5.28. The number of hydrogen-bond donors (Lipinski definition) is 1. The molecule has 3 rings (SSSR count). The summed E-state index contributed by atoms with van der Waals surface area (Å²) in [5.74, 6) is 0.308. The van der Waals surface area contributed by atoms with Crippen molar-refractivity contribution in [3.05, 3.63) is 53.3 Å². The number of unbranched alkanes of at least 4 members (excludes halogenated alkanes) is 3. The molecular formula is C27H34FNO5. The standard InChI is InChI=1S/C27H34FNO5/c1-33-22-17-24(31)26(25(18-22)34-2)23(30)7-5-3-4-6-14-29-15-12-20(13-16-29)27(32)19-8-10-21(28)11-9-19/h8-11,17-18,20,31H,3-7,12-16H2,1-2H3. The van der Waals surface area contributed by atoms with E-state index in [1.807, 2.05) is 0 Å². The number of hydrogen-bond acceptors (Lipinski definition) is 6. The molecule has 0 saturated carbocycles. The number of aromatic hydroxyl groups is 1. The van der Waals surface area contributed by atoms with E-state index >= 15 is 0 Å². The minimum absolute atomic E-state index is 0.0130. The van der Waals surface area contributed by atoms with E-state index in [-0.39, 0.29) is 34.6 Å². The maximum Gasteiger partial charge on any atom is 0.170 e. The van der Waals surface area contributed by atoms with Crippen molar-refractivity contribution in [3.8, 4) is 17.2 Å². The number of methoxy groups -OCH3 is 2. The van der Waals surface area contributed by atoms with Crippen molar-refractivity contribution in [3.63, 3.8) is 0 Å². The lowest BCUT2D eigenvalue weighted by atomic mass is 9.89. The molecule has 2 aromatic carbocycles. The number of benzene rings is 2. The van der Waals surface area contributed by atoms with Crippen LogP contribution in [0.2, 0.25) is 0 Å². The molecule has 7 heteroatoms. The first-order valence-corrected chi connectivity index (χ1v) is 11.9. The van der Waals surface area contributed by atoms with Gasteiger partial charge in [-0.25, -0.2) is 4.39 Å². The quantitative estimate of drug-likeness (QED) is 0.335. The maximum atomic E-state index is 13.1. The number of piperidine rings is 1. The first kappa shape index (κ1) is 25.7. The van der Waals surface area contributed by atoms with Crippen LogP contribution in [0.3, 0.4) is 0 Å². The summed E-state index contributed by atoms with van der Waals surface area (Å²) in [6.07, 6.45) is 5.77. The zero-order chi connectivity index (χ0) is 24.5. The minimum atomic E-state index is -0.325. The van der Waals surface area contributed by atoms with Crippen molar-refractivity contribution < 1.29 is 28.6 Å².